The number of aliphatic hydroxyl groups excluding tert-OH is 1. The predicted octanol–water partition coefficient (Wildman–Crippen LogP) is 3.12. The number of nitrogens with one attached hydrogen (secondary N) is 2. The maximum absolute atomic E-state index is 14.4. The second kappa shape index (κ2) is 8.04. The number of carbonyl (C=O) groups excluding carboxylic acids is 1. The molecule has 0 fully saturated rings. The van der Waals surface area contributed by atoms with Crippen LogP contribution in [0.25, 0.3) is 0 Å². The van der Waals surface area contributed by atoms with Crippen molar-refractivity contribution in [1.82, 2.24) is 15.6 Å². The molecule has 1 aliphatic rings. The molecule has 5 nitrogen and oxygen atoms in total. The SMILES string of the molecule is Cc1cc([C@H](NC(=O)C2=CNC(O)C=C2)c2ncccc2F)cc(C(F)(F)F)c1. The molecule has 0 bridgehead atoms. The van der Waals surface area contributed by atoms with Crippen molar-refractivity contribution in [3.8, 4) is 0 Å². The van der Waals surface area contributed by atoms with Crippen molar-refractivity contribution < 1.29 is 27.5 Å². The molecule has 0 spiro atoms. The van der Waals surface area contributed by atoms with E-state index in [1.165, 1.54) is 43.6 Å². The van der Waals surface area contributed by atoms with E-state index in [-0.39, 0.29) is 16.8 Å². The smallest absolute Gasteiger partial charge is 0.370 e. The van der Waals surface area contributed by atoms with Crippen LogP contribution in [0.4, 0.5) is 17.6 Å². The average Bonchev–Trinajstić information content (AvgIpc) is 2.66. The van der Waals surface area contributed by atoms with Crippen LogP contribution in [0.1, 0.15) is 28.4 Å². The highest BCUT2D eigenvalue weighted by Crippen LogP contribution is 2.33. The van der Waals surface area contributed by atoms with E-state index in [9.17, 15) is 27.5 Å². The molecule has 3 rings (SSSR count). The summed E-state index contributed by atoms with van der Waals surface area (Å²) < 4.78 is 54.2. The van der Waals surface area contributed by atoms with Crippen molar-refractivity contribution in [2.24, 2.45) is 0 Å². The van der Waals surface area contributed by atoms with Gasteiger partial charge in [0.1, 0.15) is 17.7 Å². The number of nitrogens with zero attached hydrogens (tertiary/aromatic N) is 1. The number of halogens is 4. The summed E-state index contributed by atoms with van der Waals surface area (Å²) in [6.07, 6.45) is -0.355. The molecule has 1 aliphatic heterocycles. The van der Waals surface area contributed by atoms with Gasteiger partial charge in [-0.3, -0.25) is 9.78 Å². The number of dihydropyridines is 1. The molecule has 0 saturated heterocycles. The number of pyridine rings is 1. The highest BCUT2D eigenvalue weighted by Gasteiger charge is 2.32. The molecule has 2 atom stereocenters. The van der Waals surface area contributed by atoms with Crippen LogP contribution in [0, 0.1) is 12.7 Å². The zero-order valence-corrected chi connectivity index (χ0v) is 15.2. The van der Waals surface area contributed by atoms with Gasteiger partial charge in [0.15, 0.2) is 0 Å². The normalized spacial score (nSPS) is 17.3. The minimum atomic E-state index is -4.60. The van der Waals surface area contributed by atoms with E-state index in [1.807, 2.05) is 0 Å². The Morgan fingerprint density at radius 3 is 2.69 bits per heavy atom. The van der Waals surface area contributed by atoms with E-state index < -0.39 is 35.7 Å². The van der Waals surface area contributed by atoms with Crippen molar-refractivity contribution >= 4 is 5.91 Å². The Labute approximate surface area is 163 Å². The van der Waals surface area contributed by atoms with Gasteiger partial charge in [-0.25, -0.2) is 4.39 Å². The van der Waals surface area contributed by atoms with Gasteiger partial charge in [0.05, 0.1) is 17.2 Å². The van der Waals surface area contributed by atoms with Crippen LogP contribution in [0.5, 0.6) is 0 Å². The van der Waals surface area contributed by atoms with Gasteiger partial charge in [-0.1, -0.05) is 11.6 Å². The summed E-state index contributed by atoms with van der Waals surface area (Å²) >= 11 is 0. The van der Waals surface area contributed by atoms with E-state index in [0.29, 0.717) is 5.56 Å². The summed E-state index contributed by atoms with van der Waals surface area (Å²) in [6.45, 7) is 1.48. The molecule has 29 heavy (non-hydrogen) atoms. The number of aryl methyl sites for hydroxylation is 1. The maximum atomic E-state index is 14.4. The van der Waals surface area contributed by atoms with Gasteiger partial charge in [-0.2, -0.15) is 13.2 Å². The van der Waals surface area contributed by atoms with E-state index in [2.05, 4.69) is 15.6 Å². The summed E-state index contributed by atoms with van der Waals surface area (Å²) in [5.41, 5.74) is -0.679. The molecule has 152 valence electrons. The van der Waals surface area contributed by atoms with Gasteiger partial charge in [-0.15, -0.1) is 0 Å². The molecule has 2 aromatic rings. The summed E-state index contributed by atoms with van der Waals surface area (Å²) in [5, 5.41) is 14.4. The lowest BCUT2D eigenvalue weighted by molar-refractivity contribution is -0.137. The summed E-state index contributed by atoms with van der Waals surface area (Å²) in [5.74, 6) is -1.44. The molecule has 3 N–H and O–H groups in total. The first-order chi connectivity index (χ1) is 13.6. The third-order valence-corrected chi connectivity index (χ3v) is 4.23. The Bertz CT molecular complexity index is 986. The third kappa shape index (κ3) is 4.80. The van der Waals surface area contributed by atoms with Gasteiger partial charge < -0.3 is 15.7 Å². The van der Waals surface area contributed by atoms with Crippen LogP contribution in [0.2, 0.25) is 0 Å². The van der Waals surface area contributed by atoms with Crippen LogP contribution in [-0.4, -0.2) is 22.2 Å². The fraction of sp³-hybridized carbons (Fsp3) is 0.200. The molecule has 9 heteroatoms. The molecular formula is C20H17F4N3O2. The van der Waals surface area contributed by atoms with Crippen molar-refractivity contribution in [2.75, 3.05) is 0 Å². The van der Waals surface area contributed by atoms with Crippen molar-refractivity contribution in [1.29, 1.82) is 0 Å². The minimum absolute atomic E-state index is 0.0386. The number of carbonyl (C=O) groups is 1. The zero-order valence-electron chi connectivity index (χ0n) is 15.2. The molecule has 1 amide bonds. The lowest BCUT2D eigenvalue weighted by atomic mass is 9.97. The van der Waals surface area contributed by atoms with E-state index in [1.54, 1.807) is 0 Å². The number of aromatic nitrogens is 1. The molecule has 1 aromatic heterocycles. The Balaban J connectivity index is 2.03. The van der Waals surface area contributed by atoms with Crippen molar-refractivity contribution in [2.45, 2.75) is 25.4 Å². The maximum Gasteiger partial charge on any atom is 0.416 e. The Morgan fingerprint density at radius 2 is 2.07 bits per heavy atom. The first-order valence-corrected chi connectivity index (χ1v) is 8.57. The predicted molar refractivity (Wildman–Crippen MR) is 96.7 cm³/mol. The van der Waals surface area contributed by atoms with E-state index in [4.69, 9.17) is 0 Å². The lowest BCUT2D eigenvalue weighted by Crippen LogP contribution is -2.34. The summed E-state index contributed by atoms with van der Waals surface area (Å²) in [4.78, 5) is 16.5. The Kier molecular flexibility index (Phi) is 5.69. The third-order valence-electron chi connectivity index (χ3n) is 4.23. The summed E-state index contributed by atoms with van der Waals surface area (Å²) in [6, 6.07) is 4.45. The molecule has 1 aromatic carbocycles. The number of amides is 1. The largest absolute Gasteiger partial charge is 0.416 e. The highest BCUT2D eigenvalue weighted by atomic mass is 19.4. The number of hydrogen-bond donors (Lipinski definition) is 3. The average molecular weight is 407 g/mol. The summed E-state index contributed by atoms with van der Waals surface area (Å²) in [7, 11) is 0. The van der Waals surface area contributed by atoms with Crippen molar-refractivity contribution in [3.05, 3.63) is 88.7 Å². The number of rotatable bonds is 4. The number of alkyl halides is 3. The van der Waals surface area contributed by atoms with Gasteiger partial charge in [0, 0.05) is 12.4 Å². The first kappa shape index (κ1) is 20.5. The molecular weight excluding hydrogens is 390 g/mol. The number of hydrogen-bond acceptors (Lipinski definition) is 4. The fourth-order valence-corrected chi connectivity index (χ4v) is 2.89. The van der Waals surface area contributed by atoms with E-state index in [0.717, 1.165) is 18.2 Å². The van der Waals surface area contributed by atoms with Crippen LogP contribution >= 0.6 is 0 Å². The monoisotopic (exact) mass is 407 g/mol. The zero-order chi connectivity index (χ0) is 21.2. The quantitative estimate of drug-likeness (QED) is 0.681. The number of aliphatic hydroxyl groups is 1. The second-order valence-electron chi connectivity index (χ2n) is 6.48. The van der Waals surface area contributed by atoms with Gasteiger partial charge in [-0.05, 0) is 48.9 Å². The van der Waals surface area contributed by atoms with Gasteiger partial charge in [0.25, 0.3) is 5.91 Å². The van der Waals surface area contributed by atoms with E-state index >= 15 is 0 Å². The Hall–Kier alpha value is -3.20. The lowest BCUT2D eigenvalue weighted by Gasteiger charge is -2.22. The second-order valence-corrected chi connectivity index (χ2v) is 6.48. The van der Waals surface area contributed by atoms with Gasteiger partial charge in [0.2, 0.25) is 0 Å². The van der Waals surface area contributed by atoms with Crippen LogP contribution in [0.15, 0.2) is 60.5 Å². The fourth-order valence-electron chi connectivity index (χ4n) is 2.89. The standard InChI is InChI=1S/C20H17F4N3O2/c1-11-7-13(9-14(8-11)20(22,23)24)17(18-15(21)3-2-6-25-18)27-19(29)12-4-5-16(28)26-10-12/h2-10,16-17,26,28H,1H3,(H,27,29)/t16?,17-/m0/s1. The molecule has 0 aliphatic carbocycles. The molecule has 0 radical (unpaired) electrons. The first-order valence-electron chi connectivity index (χ1n) is 8.57. The molecule has 1 unspecified atom stereocenters. The highest BCUT2D eigenvalue weighted by molar-refractivity contribution is 5.96. The van der Waals surface area contributed by atoms with Crippen LogP contribution < -0.4 is 10.6 Å². The van der Waals surface area contributed by atoms with Gasteiger partial charge >= 0.3 is 6.18 Å². The van der Waals surface area contributed by atoms with Crippen molar-refractivity contribution in [3.63, 3.8) is 0 Å². The number of benzene rings is 1. The molecule has 0 saturated carbocycles. The van der Waals surface area contributed by atoms with Crippen LogP contribution in [-0.2, 0) is 11.0 Å². The Morgan fingerprint density at radius 1 is 1.31 bits per heavy atom. The topological polar surface area (TPSA) is 74.2 Å². The van der Waals surface area contributed by atoms with Crippen LogP contribution in [0.3, 0.4) is 0 Å². The minimum Gasteiger partial charge on any atom is -0.370 e. The molecule has 2 heterocycles.